The number of aromatic nitrogens is 2. The van der Waals surface area contributed by atoms with Gasteiger partial charge in [-0.05, 0) is 101 Å². The van der Waals surface area contributed by atoms with Gasteiger partial charge in [-0.25, -0.2) is 9.97 Å². The molecule has 11 rings (SSSR count). The van der Waals surface area contributed by atoms with Crippen molar-refractivity contribution in [1.29, 1.82) is 0 Å². The quantitative estimate of drug-likeness (QED) is 0.169. The molecule has 2 heteroatoms. The Morgan fingerprint density at radius 1 is 0.305 bits per heavy atom. The molecule has 59 heavy (non-hydrogen) atoms. The maximum Gasteiger partial charge on any atom is 0.160 e. The molecule has 2 nitrogen and oxygen atoms in total. The Labute approximate surface area is 345 Å². The average molecular weight is 753 g/mol. The molecule has 0 atom stereocenters. The first-order chi connectivity index (χ1) is 29.0. The number of rotatable bonds is 6. The summed E-state index contributed by atoms with van der Waals surface area (Å²) >= 11 is 0. The number of benzene rings is 9. The van der Waals surface area contributed by atoms with Crippen molar-refractivity contribution < 1.29 is 0 Å². The Morgan fingerprint density at radius 2 is 0.864 bits per heavy atom. The van der Waals surface area contributed by atoms with Crippen LogP contribution in [0.1, 0.15) is 25.0 Å². The van der Waals surface area contributed by atoms with E-state index in [0.717, 1.165) is 39.0 Å². The Hall–Kier alpha value is -7.42. The average Bonchev–Trinajstić information content (AvgIpc) is 3.53. The van der Waals surface area contributed by atoms with Crippen LogP contribution in [0.5, 0.6) is 0 Å². The molecule has 1 aliphatic carbocycles. The lowest BCUT2D eigenvalue weighted by Crippen LogP contribution is -2.14. The molecule has 0 aliphatic heterocycles. The van der Waals surface area contributed by atoms with Crippen molar-refractivity contribution in [3.05, 3.63) is 217 Å². The van der Waals surface area contributed by atoms with Gasteiger partial charge >= 0.3 is 0 Å². The summed E-state index contributed by atoms with van der Waals surface area (Å²) in [5.74, 6) is 0.705. The molecule has 9 aromatic carbocycles. The van der Waals surface area contributed by atoms with Crippen molar-refractivity contribution in [3.8, 4) is 78.4 Å². The van der Waals surface area contributed by atoms with Gasteiger partial charge in [-0.2, -0.15) is 0 Å². The molecule has 0 saturated carbocycles. The van der Waals surface area contributed by atoms with E-state index in [1.54, 1.807) is 0 Å². The van der Waals surface area contributed by atoms with Crippen LogP contribution in [0.2, 0.25) is 0 Å². The molecule has 0 fully saturated rings. The Balaban J connectivity index is 0.978. The van der Waals surface area contributed by atoms with Gasteiger partial charge in [0.2, 0.25) is 0 Å². The van der Waals surface area contributed by atoms with Gasteiger partial charge in [-0.1, -0.05) is 196 Å². The summed E-state index contributed by atoms with van der Waals surface area (Å²) < 4.78 is 0. The summed E-state index contributed by atoms with van der Waals surface area (Å²) in [5, 5.41) is 4.81. The second-order valence-corrected chi connectivity index (χ2v) is 16.2. The molecule has 278 valence electrons. The predicted octanol–water partition coefficient (Wildman–Crippen LogP) is 15.1. The smallest absolute Gasteiger partial charge is 0.160 e. The molecule has 0 N–H and O–H groups in total. The fourth-order valence-corrected chi connectivity index (χ4v) is 9.18. The summed E-state index contributed by atoms with van der Waals surface area (Å²) in [6, 6.07) is 74.4. The molecule has 0 unspecified atom stereocenters. The zero-order valence-electron chi connectivity index (χ0n) is 33.0. The first-order valence-corrected chi connectivity index (χ1v) is 20.4. The lowest BCUT2D eigenvalue weighted by molar-refractivity contribution is 0.660. The highest BCUT2D eigenvalue weighted by molar-refractivity contribution is 6.05. The van der Waals surface area contributed by atoms with E-state index in [2.05, 4.69) is 202 Å². The summed E-state index contributed by atoms with van der Waals surface area (Å²) in [6.07, 6.45) is 0. The van der Waals surface area contributed by atoms with Crippen LogP contribution in [0.15, 0.2) is 206 Å². The minimum absolute atomic E-state index is 0.0310. The Morgan fingerprint density at radius 3 is 1.71 bits per heavy atom. The third-order valence-electron chi connectivity index (χ3n) is 12.3. The van der Waals surface area contributed by atoms with Gasteiger partial charge in [0, 0.05) is 22.1 Å². The first-order valence-electron chi connectivity index (χ1n) is 20.4. The molecule has 1 aliphatic rings. The lowest BCUT2D eigenvalue weighted by Gasteiger charge is -2.22. The highest BCUT2D eigenvalue weighted by atomic mass is 14.9. The summed E-state index contributed by atoms with van der Waals surface area (Å²) in [6.45, 7) is 4.68. The molecule has 0 radical (unpaired) electrons. The predicted molar refractivity (Wildman–Crippen MR) is 247 cm³/mol. The molecule has 10 aromatic rings. The van der Waals surface area contributed by atoms with Crippen LogP contribution in [0.25, 0.3) is 100.0 Å². The highest BCUT2D eigenvalue weighted by Crippen LogP contribution is 2.49. The van der Waals surface area contributed by atoms with E-state index in [1.807, 2.05) is 18.2 Å². The van der Waals surface area contributed by atoms with Crippen LogP contribution in [0.3, 0.4) is 0 Å². The van der Waals surface area contributed by atoms with E-state index < -0.39 is 0 Å². The zero-order valence-corrected chi connectivity index (χ0v) is 33.0. The van der Waals surface area contributed by atoms with Gasteiger partial charge in [0.15, 0.2) is 5.82 Å². The van der Waals surface area contributed by atoms with Gasteiger partial charge in [0.25, 0.3) is 0 Å². The molecular formula is C57H40N2. The zero-order chi connectivity index (χ0) is 39.5. The van der Waals surface area contributed by atoms with Crippen LogP contribution >= 0.6 is 0 Å². The lowest BCUT2D eigenvalue weighted by atomic mass is 9.81. The van der Waals surface area contributed by atoms with Gasteiger partial charge in [-0.15, -0.1) is 0 Å². The van der Waals surface area contributed by atoms with E-state index in [1.165, 1.54) is 66.2 Å². The number of hydrogen-bond acceptors (Lipinski definition) is 2. The van der Waals surface area contributed by atoms with Crippen LogP contribution in [-0.4, -0.2) is 9.97 Å². The Bertz CT molecular complexity index is 3230. The fraction of sp³-hybridized carbons (Fsp3) is 0.0526. The Kier molecular flexibility index (Phi) is 8.20. The second kappa shape index (κ2) is 13.9. The third-order valence-corrected chi connectivity index (χ3v) is 12.3. The minimum Gasteiger partial charge on any atom is -0.228 e. The van der Waals surface area contributed by atoms with Crippen LogP contribution < -0.4 is 0 Å². The third kappa shape index (κ3) is 6.04. The maximum atomic E-state index is 5.25. The minimum atomic E-state index is -0.0310. The van der Waals surface area contributed by atoms with Gasteiger partial charge in [0.05, 0.1) is 11.4 Å². The van der Waals surface area contributed by atoms with Crippen LogP contribution in [-0.2, 0) is 5.41 Å². The molecule has 0 amide bonds. The van der Waals surface area contributed by atoms with Crippen molar-refractivity contribution >= 4 is 21.5 Å². The standard InChI is InChI=1S/C57H40N2/c1-57(2)52-22-11-10-21-49(52)50-30-29-44(35-53(50)57)38-23-26-39(27-24-38)46-31-32-51(48-20-9-8-19-47(46)48)55-36-54(58-56(59-55)40-14-4-3-5-15-40)45-18-12-17-42(34-45)43-28-25-37-13-6-7-16-41(37)33-43/h3-36H,1-2H3. The van der Waals surface area contributed by atoms with Crippen molar-refractivity contribution in [2.24, 2.45) is 0 Å². The van der Waals surface area contributed by atoms with E-state index in [0.29, 0.717) is 5.82 Å². The topological polar surface area (TPSA) is 25.8 Å². The van der Waals surface area contributed by atoms with E-state index in [9.17, 15) is 0 Å². The van der Waals surface area contributed by atoms with Crippen molar-refractivity contribution in [2.45, 2.75) is 19.3 Å². The SMILES string of the molecule is CC1(C)c2ccccc2-c2ccc(-c3ccc(-c4ccc(-c5cc(-c6cccc(-c7ccc8ccccc8c7)c6)nc(-c6ccccc6)n5)c5ccccc45)cc3)cc21. The van der Waals surface area contributed by atoms with E-state index in [-0.39, 0.29) is 5.41 Å². The fourth-order valence-electron chi connectivity index (χ4n) is 9.18. The maximum absolute atomic E-state index is 5.25. The highest BCUT2D eigenvalue weighted by Gasteiger charge is 2.35. The molecule has 0 spiro atoms. The number of fused-ring (bicyclic) bond motifs is 5. The molecule has 1 aromatic heterocycles. The molecule has 1 heterocycles. The van der Waals surface area contributed by atoms with Crippen molar-refractivity contribution in [1.82, 2.24) is 9.97 Å². The molecular weight excluding hydrogens is 713 g/mol. The van der Waals surface area contributed by atoms with E-state index >= 15 is 0 Å². The first kappa shape index (κ1) is 34.8. The van der Waals surface area contributed by atoms with Gasteiger partial charge in [0.1, 0.15) is 0 Å². The van der Waals surface area contributed by atoms with Gasteiger partial charge in [-0.3, -0.25) is 0 Å². The molecule has 0 bridgehead atoms. The van der Waals surface area contributed by atoms with Gasteiger partial charge < -0.3 is 0 Å². The summed E-state index contributed by atoms with van der Waals surface area (Å²) in [7, 11) is 0. The van der Waals surface area contributed by atoms with Crippen molar-refractivity contribution in [2.75, 3.05) is 0 Å². The number of hydrogen-bond donors (Lipinski definition) is 0. The molecule has 0 saturated heterocycles. The van der Waals surface area contributed by atoms with E-state index in [4.69, 9.17) is 9.97 Å². The largest absolute Gasteiger partial charge is 0.228 e. The monoisotopic (exact) mass is 752 g/mol. The number of nitrogens with zero attached hydrogens (tertiary/aromatic N) is 2. The summed E-state index contributed by atoms with van der Waals surface area (Å²) in [5.41, 5.74) is 17.5. The summed E-state index contributed by atoms with van der Waals surface area (Å²) in [4.78, 5) is 10.4. The van der Waals surface area contributed by atoms with Crippen LogP contribution in [0.4, 0.5) is 0 Å². The normalized spacial score (nSPS) is 12.7. The van der Waals surface area contributed by atoms with Crippen molar-refractivity contribution in [3.63, 3.8) is 0 Å². The van der Waals surface area contributed by atoms with Crippen LogP contribution in [0, 0.1) is 0 Å². The second-order valence-electron chi connectivity index (χ2n) is 16.2.